The lowest BCUT2D eigenvalue weighted by Gasteiger charge is -2.45. The lowest BCUT2D eigenvalue weighted by Crippen LogP contribution is -2.51. The molecule has 0 unspecified atom stereocenters. The third kappa shape index (κ3) is 3.76. The molecule has 0 bridgehead atoms. The van der Waals surface area contributed by atoms with E-state index in [4.69, 9.17) is 0 Å². The molecule has 1 saturated heterocycles. The number of hydrogen-bond donors (Lipinski definition) is 1. The highest BCUT2D eigenvalue weighted by Crippen LogP contribution is 2.41. The summed E-state index contributed by atoms with van der Waals surface area (Å²) in [7, 11) is 0. The van der Waals surface area contributed by atoms with Crippen molar-refractivity contribution >= 4 is 5.97 Å². The molecule has 138 valence electrons. The number of benzene rings is 1. The normalized spacial score (nSPS) is 27.8. The smallest absolute Gasteiger partial charge is 0.314 e. The van der Waals surface area contributed by atoms with Crippen LogP contribution in [0, 0.1) is 11.3 Å². The molecule has 1 aliphatic carbocycles. The molecule has 1 aliphatic heterocycles. The van der Waals surface area contributed by atoms with Crippen LogP contribution in [0.5, 0.6) is 0 Å². The minimum absolute atomic E-state index is 0.415. The second-order valence-electron chi connectivity index (χ2n) is 9.16. The third-order valence-corrected chi connectivity index (χ3v) is 6.83. The van der Waals surface area contributed by atoms with Gasteiger partial charge in [-0.2, -0.15) is 0 Å². The molecule has 25 heavy (non-hydrogen) atoms. The van der Waals surface area contributed by atoms with E-state index in [9.17, 15) is 9.90 Å². The van der Waals surface area contributed by atoms with Crippen molar-refractivity contribution in [2.45, 2.75) is 70.8 Å². The molecule has 0 atom stereocenters. The molecule has 0 aromatic heterocycles. The summed E-state index contributed by atoms with van der Waals surface area (Å²) in [6, 6.07) is 10.5. The number of hydrogen-bond acceptors (Lipinski definition) is 2. The van der Waals surface area contributed by atoms with E-state index in [0.717, 1.165) is 37.4 Å². The molecule has 0 amide bonds. The van der Waals surface area contributed by atoms with Crippen molar-refractivity contribution in [1.82, 2.24) is 4.90 Å². The molecule has 1 heterocycles. The maximum absolute atomic E-state index is 12.1. The van der Waals surface area contributed by atoms with Crippen molar-refractivity contribution in [3.05, 3.63) is 35.9 Å². The molecule has 1 saturated carbocycles. The summed E-state index contributed by atoms with van der Waals surface area (Å²) < 4.78 is 0. The molecular weight excluding hydrogens is 310 g/mol. The van der Waals surface area contributed by atoms with Crippen LogP contribution in [0.1, 0.15) is 64.9 Å². The van der Waals surface area contributed by atoms with Crippen molar-refractivity contribution < 1.29 is 9.90 Å². The first-order chi connectivity index (χ1) is 11.8. The minimum atomic E-state index is -0.694. The van der Waals surface area contributed by atoms with Crippen molar-refractivity contribution in [3.8, 4) is 0 Å². The highest BCUT2D eigenvalue weighted by Gasteiger charge is 2.44. The second kappa shape index (κ2) is 7.11. The second-order valence-corrected chi connectivity index (χ2v) is 9.16. The van der Waals surface area contributed by atoms with Crippen molar-refractivity contribution in [3.63, 3.8) is 0 Å². The first kappa shape index (κ1) is 18.4. The Bertz CT molecular complexity index is 574. The lowest BCUT2D eigenvalue weighted by molar-refractivity contribution is -0.146. The molecular formula is C22H33NO2. The van der Waals surface area contributed by atoms with E-state index in [1.165, 1.54) is 25.7 Å². The molecule has 0 spiro atoms. The Hall–Kier alpha value is -1.35. The Morgan fingerprint density at radius 3 is 2.08 bits per heavy atom. The summed E-state index contributed by atoms with van der Waals surface area (Å²) in [4.78, 5) is 14.7. The lowest BCUT2D eigenvalue weighted by atomic mass is 9.69. The number of piperidine rings is 1. The fraction of sp³-hybridized carbons (Fsp3) is 0.682. The van der Waals surface area contributed by atoms with Crippen LogP contribution in [0.2, 0.25) is 0 Å². The Morgan fingerprint density at radius 2 is 1.60 bits per heavy atom. The summed E-state index contributed by atoms with van der Waals surface area (Å²) in [5.74, 6) is 0.172. The molecule has 0 radical (unpaired) electrons. The predicted octanol–water partition coefficient (Wildman–Crippen LogP) is 4.71. The highest BCUT2D eigenvalue weighted by molar-refractivity contribution is 5.81. The van der Waals surface area contributed by atoms with E-state index in [1.54, 1.807) is 0 Å². The van der Waals surface area contributed by atoms with Gasteiger partial charge in [0.1, 0.15) is 0 Å². The molecule has 1 aromatic rings. The monoisotopic (exact) mass is 343 g/mol. The van der Waals surface area contributed by atoms with E-state index in [0.29, 0.717) is 11.5 Å². The fourth-order valence-corrected chi connectivity index (χ4v) is 4.96. The number of nitrogens with zero attached hydrogens (tertiary/aromatic N) is 1. The van der Waals surface area contributed by atoms with Crippen LogP contribution in [-0.4, -0.2) is 35.1 Å². The van der Waals surface area contributed by atoms with Crippen LogP contribution < -0.4 is 0 Å². The van der Waals surface area contributed by atoms with Crippen LogP contribution in [0.4, 0.5) is 0 Å². The highest BCUT2D eigenvalue weighted by atomic mass is 16.4. The molecule has 1 N–H and O–H groups in total. The largest absolute Gasteiger partial charge is 0.481 e. The first-order valence-electron chi connectivity index (χ1n) is 9.86. The van der Waals surface area contributed by atoms with Gasteiger partial charge in [0, 0.05) is 6.04 Å². The van der Waals surface area contributed by atoms with Gasteiger partial charge in [0.05, 0.1) is 5.41 Å². The summed E-state index contributed by atoms with van der Waals surface area (Å²) in [5, 5.41) is 9.94. The number of rotatable bonds is 3. The minimum Gasteiger partial charge on any atom is -0.481 e. The van der Waals surface area contributed by atoms with Gasteiger partial charge in [-0.05, 0) is 68.5 Å². The summed E-state index contributed by atoms with van der Waals surface area (Å²) in [6.07, 6.45) is 6.62. The number of carboxylic acid groups (broad SMARTS) is 1. The maximum Gasteiger partial charge on any atom is 0.314 e. The van der Waals surface area contributed by atoms with E-state index in [1.807, 2.05) is 30.3 Å². The van der Waals surface area contributed by atoms with Gasteiger partial charge in [0.15, 0.2) is 0 Å². The van der Waals surface area contributed by atoms with E-state index < -0.39 is 11.4 Å². The van der Waals surface area contributed by atoms with E-state index in [2.05, 4.69) is 25.7 Å². The molecule has 1 aromatic carbocycles. The van der Waals surface area contributed by atoms with Crippen LogP contribution in [0.15, 0.2) is 30.3 Å². The van der Waals surface area contributed by atoms with Crippen LogP contribution in [0.3, 0.4) is 0 Å². The molecule has 2 fully saturated rings. The summed E-state index contributed by atoms with van der Waals surface area (Å²) in [6.45, 7) is 8.90. The quantitative estimate of drug-likeness (QED) is 0.864. The van der Waals surface area contributed by atoms with Gasteiger partial charge in [-0.25, -0.2) is 0 Å². The molecule has 3 rings (SSSR count). The summed E-state index contributed by atoms with van der Waals surface area (Å²) >= 11 is 0. The predicted molar refractivity (Wildman–Crippen MR) is 102 cm³/mol. The Labute approximate surface area is 152 Å². The van der Waals surface area contributed by atoms with Gasteiger partial charge in [-0.1, -0.05) is 51.1 Å². The number of carboxylic acids is 1. The van der Waals surface area contributed by atoms with Gasteiger partial charge in [-0.15, -0.1) is 0 Å². The first-order valence-corrected chi connectivity index (χ1v) is 9.86. The van der Waals surface area contributed by atoms with E-state index in [-0.39, 0.29) is 0 Å². The average Bonchev–Trinajstić information content (AvgIpc) is 2.62. The zero-order valence-electron chi connectivity index (χ0n) is 16.0. The van der Waals surface area contributed by atoms with Crippen molar-refractivity contribution in [2.24, 2.45) is 11.3 Å². The zero-order valence-corrected chi connectivity index (χ0v) is 16.0. The van der Waals surface area contributed by atoms with Crippen molar-refractivity contribution in [2.75, 3.05) is 13.1 Å². The van der Waals surface area contributed by atoms with Crippen LogP contribution in [-0.2, 0) is 10.2 Å². The molecule has 3 nitrogen and oxygen atoms in total. The fourth-order valence-electron chi connectivity index (χ4n) is 4.96. The van der Waals surface area contributed by atoms with Crippen LogP contribution in [0.25, 0.3) is 0 Å². The van der Waals surface area contributed by atoms with Crippen LogP contribution >= 0.6 is 0 Å². The van der Waals surface area contributed by atoms with Gasteiger partial charge in [0.2, 0.25) is 0 Å². The van der Waals surface area contributed by atoms with E-state index >= 15 is 0 Å². The van der Waals surface area contributed by atoms with Gasteiger partial charge in [-0.3, -0.25) is 4.79 Å². The topological polar surface area (TPSA) is 40.5 Å². The average molecular weight is 344 g/mol. The number of likely N-dealkylation sites (tertiary alicyclic amines) is 1. The Balaban J connectivity index is 1.63. The Kier molecular flexibility index (Phi) is 5.24. The third-order valence-electron chi connectivity index (χ3n) is 6.83. The van der Waals surface area contributed by atoms with Gasteiger partial charge in [0.25, 0.3) is 0 Å². The van der Waals surface area contributed by atoms with Crippen molar-refractivity contribution in [1.29, 1.82) is 0 Å². The maximum atomic E-state index is 12.1. The van der Waals surface area contributed by atoms with Gasteiger partial charge >= 0.3 is 5.97 Å². The number of carbonyl (C=O) groups is 1. The Morgan fingerprint density at radius 1 is 1.04 bits per heavy atom. The zero-order chi connectivity index (χ0) is 18.1. The standard InChI is InChI=1S/C22H33NO2/c1-21(2,3)17-9-11-19(12-10-17)23-15-13-22(14-16-23,20(24)25)18-7-5-4-6-8-18/h4-8,17,19H,9-16H2,1-3H3,(H,24,25). The molecule has 2 aliphatic rings. The molecule has 3 heteroatoms. The summed E-state index contributed by atoms with van der Waals surface area (Å²) in [5.41, 5.74) is 0.692. The van der Waals surface area contributed by atoms with Gasteiger partial charge < -0.3 is 10.0 Å². The SMILES string of the molecule is CC(C)(C)C1CCC(N2CCC(C(=O)O)(c3ccccc3)CC2)CC1. The number of aliphatic carboxylic acids is 1.